The molecule has 0 aromatic heterocycles. The predicted molar refractivity (Wildman–Crippen MR) is 72.4 cm³/mol. The van der Waals surface area contributed by atoms with Crippen molar-refractivity contribution in [1.82, 2.24) is 4.90 Å². The topological polar surface area (TPSA) is 46.6 Å². The molecule has 1 aliphatic heterocycles. The Morgan fingerprint density at radius 1 is 1.16 bits per heavy atom. The number of benzene rings is 1. The van der Waals surface area contributed by atoms with Crippen LogP contribution in [0.3, 0.4) is 0 Å². The number of hydrogen-bond donors (Lipinski definition) is 0. The summed E-state index contributed by atoms with van der Waals surface area (Å²) in [6.45, 7) is 5.15. The highest BCUT2D eigenvalue weighted by molar-refractivity contribution is 5.81. The lowest BCUT2D eigenvalue weighted by Gasteiger charge is -2.25. The summed E-state index contributed by atoms with van der Waals surface area (Å²) in [7, 11) is 0. The number of nitrogens with zero attached hydrogens (tertiary/aromatic N) is 1. The van der Waals surface area contributed by atoms with Crippen molar-refractivity contribution < 1.29 is 14.3 Å². The van der Waals surface area contributed by atoms with E-state index in [2.05, 4.69) is 13.8 Å². The molecule has 1 aliphatic rings. The minimum Gasteiger partial charge on any atom is -0.410 e. The van der Waals surface area contributed by atoms with Gasteiger partial charge >= 0.3 is 6.09 Å². The van der Waals surface area contributed by atoms with Gasteiger partial charge in [0.15, 0.2) is 0 Å². The number of carbonyl (C=O) groups is 2. The standard InChI is InChI=1S/C15H19NO3/c1-11(2)12-3-5-14(6-4-12)19-15(18)16-9-7-13(17)8-10-16/h3-6,11H,7-10H2,1-2H3. The summed E-state index contributed by atoms with van der Waals surface area (Å²) in [5.41, 5.74) is 1.21. The first kappa shape index (κ1) is 13.6. The van der Waals surface area contributed by atoms with E-state index >= 15 is 0 Å². The minimum atomic E-state index is -0.371. The van der Waals surface area contributed by atoms with Crippen LogP contribution in [0.25, 0.3) is 0 Å². The van der Waals surface area contributed by atoms with Crippen molar-refractivity contribution in [1.29, 1.82) is 0 Å². The largest absolute Gasteiger partial charge is 0.415 e. The van der Waals surface area contributed by atoms with Gasteiger partial charge in [0.2, 0.25) is 0 Å². The van der Waals surface area contributed by atoms with E-state index in [0.717, 1.165) is 0 Å². The fourth-order valence-electron chi connectivity index (χ4n) is 2.02. The maximum Gasteiger partial charge on any atom is 0.415 e. The molecule has 1 aromatic rings. The van der Waals surface area contributed by atoms with Crippen molar-refractivity contribution in [3.05, 3.63) is 29.8 Å². The summed E-state index contributed by atoms with van der Waals surface area (Å²) in [5, 5.41) is 0. The molecule has 1 saturated heterocycles. The maximum atomic E-state index is 11.9. The number of Topliss-reactive ketones (excluding diaryl/α,β-unsaturated/α-hetero) is 1. The van der Waals surface area contributed by atoms with Gasteiger partial charge in [-0.2, -0.15) is 0 Å². The number of amides is 1. The average Bonchev–Trinajstić information content (AvgIpc) is 2.40. The Labute approximate surface area is 113 Å². The van der Waals surface area contributed by atoms with Crippen molar-refractivity contribution in [3.8, 4) is 5.75 Å². The van der Waals surface area contributed by atoms with Crippen molar-refractivity contribution in [2.75, 3.05) is 13.1 Å². The first-order chi connectivity index (χ1) is 9.06. The van der Waals surface area contributed by atoms with Crippen molar-refractivity contribution in [3.63, 3.8) is 0 Å². The Balaban J connectivity index is 1.93. The molecule has 1 amide bonds. The second kappa shape index (κ2) is 5.87. The number of hydrogen-bond acceptors (Lipinski definition) is 3. The molecule has 102 valence electrons. The molecule has 1 aromatic carbocycles. The highest BCUT2D eigenvalue weighted by Gasteiger charge is 2.22. The molecule has 0 saturated carbocycles. The van der Waals surface area contributed by atoms with E-state index in [9.17, 15) is 9.59 Å². The first-order valence-corrected chi connectivity index (χ1v) is 6.64. The van der Waals surface area contributed by atoms with Gasteiger partial charge in [0, 0.05) is 25.9 Å². The summed E-state index contributed by atoms with van der Waals surface area (Å²) in [6.07, 6.45) is 0.493. The fraction of sp³-hybridized carbons (Fsp3) is 0.467. The van der Waals surface area contributed by atoms with Gasteiger partial charge in [-0.1, -0.05) is 26.0 Å². The van der Waals surface area contributed by atoms with Crippen molar-refractivity contribution in [2.24, 2.45) is 0 Å². The number of ether oxygens (including phenoxy) is 1. The fourth-order valence-corrected chi connectivity index (χ4v) is 2.02. The Kier molecular flexibility index (Phi) is 4.20. The monoisotopic (exact) mass is 261 g/mol. The highest BCUT2D eigenvalue weighted by atomic mass is 16.6. The second-order valence-electron chi connectivity index (χ2n) is 5.12. The van der Waals surface area contributed by atoms with E-state index in [1.165, 1.54) is 5.56 Å². The summed E-state index contributed by atoms with van der Waals surface area (Å²) in [5.74, 6) is 1.22. The normalized spacial score (nSPS) is 15.7. The van der Waals surface area contributed by atoms with Gasteiger partial charge in [0.05, 0.1) is 0 Å². The van der Waals surface area contributed by atoms with E-state index in [1.807, 2.05) is 24.3 Å². The molecule has 0 radical (unpaired) electrons. The molecular weight excluding hydrogens is 242 g/mol. The van der Waals surface area contributed by atoms with E-state index < -0.39 is 0 Å². The lowest BCUT2D eigenvalue weighted by Crippen LogP contribution is -2.40. The Morgan fingerprint density at radius 3 is 2.26 bits per heavy atom. The van der Waals surface area contributed by atoms with E-state index in [0.29, 0.717) is 37.6 Å². The van der Waals surface area contributed by atoms with E-state index in [4.69, 9.17) is 4.74 Å². The molecule has 0 bridgehead atoms. The van der Waals surface area contributed by atoms with Crippen LogP contribution in [0.5, 0.6) is 5.75 Å². The van der Waals surface area contributed by atoms with E-state index in [-0.39, 0.29) is 11.9 Å². The van der Waals surface area contributed by atoms with Crippen LogP contribution in [-0.2, 0) is 4.79 Å². The predicted octanol–water partition coefficient (Wildman–Crippen LogP) is 2.97. The summed E-state index contributed by atoms with van der Waals surface area (Å²) in [6, 6.07) is 7.55. The third kappa shape index (κ3) is 3.56. The molecule has 4 heteroatoms. The smallest absolute Gasteiger partial charge is 0.410 e. The highest BCUT2D eigenvalue weighted by Crippen LogP contribution is 2.19. The van der Waals surface area contributed by atoms with Gasteiger partial charge in [0.1, 0.15) is 11.5 Å². The zero-order chi connectivity index (χ0) is 13.8. The molecule has 0 unspecified atom stereocenters. The Morgan fingerprint density at radius 2 is 1.74 bits per heavy atom. The van der Waals surface area contributed by atoms with Gasteiger partial charge < -0.3 is 9.64 Å². The number of carbonyl (C=O) groups excluding carboxylic acids is 2. The summed E-state index contributed by atoms with van der Waals surface area (Å²) >= 11 is 0. The molecule has 19 heavy (non-hydrogen) atoms. The summed E-state index contributed by atoms with van der Waals surface area (Å²) in [4.78, 5) is 24.6. The molecule has 0 N–H and O–H groups in total. The lowest BCUT2D eigenvalue weighted by molar-refractivity contribution is -0.121. The third-order valence-electron chi connectivity index (χ3n) is 3.33. The molecule has 0 spiro atoms. The average molecular weight is 261 g/mol. The van der Waals surface area contributed by atoms with E-state index in [1.54, 1.807) is 4.90 Å². The zero-order valence-electron chi connectivity index (χ0n) is 11.4. The minimum absolute atomic E-state index is 0.213. The van der Waals surface area contributed by atoms with Crippen LogP contribution in [0.1, 0.15) is 38.2 Å². The quantitative estimate of drug-likeness (QED) is 0.822. The molecular formula is C15H19NO3. The van der Waals surface area contributed by atoms with Crippen LogP contribution in [0.4, 0.5) is 4.79 Å². The zero-order valence-corrected chi connectivity index (χ0v) is 11.4. The van der Waals surface area contributed by atoms with Crippen LogP contribution >= 0.6 is 0 Å². The van der Waals surface area contributed by atoms with Gasteiger partial charge in [-0.15, -0.1) is 0 Å². The third-order valence-corrected chi connectivity index (χ3v) is 3.33. The lowest BCUT2D eigenvalue weighted by atomic mass is 10.0. The van der Waals surface area contributed by atoms with Gasteiger partial charge in [-0.05, 0) is 23.6 Å². The molecule has 1 fully saturated rings. The molecule has 0 atom stereocenters. The van der Waals surface area contributed by atoms with Crippen LogP contribution < -0.4 is 4.74 Å². The Bertz CT molecular complexity index is 455. The second-order valence-corrected chi connectivity index (χ2v) is 5.12. The van der Waals surface area contributed by atoms with Gasteiger partial charge in [-0.3, -0.25) is 4.79 Å². The maximum absolute atomic E-state index is 11.9. The molecule has 0 aliphatic carbocycles. The molecule has 2 rings (SSSR count). The van der Waals surface area contributed by atoms with Crippen LogP contribution in [0.15, 0.2) is 24.3 Å². The number of ketones is 1. The number of likely N-dealkylation sites (tertiary alicyclic amines) is 1. The van der Waals surface area contributed by atoms with Crippen molar-refractivity contribution >= 4 is 11.9 Å². The SMILES string of the molecule is CC(C)c1ccc(OC(=O)N2CCC(=O)CC2)cc1. The first-order valence-electron chi connectivity index (χ1n) is 6.64. The molecule has 1 heterocycles. The Hall–Kier alpha value is -1.84. The number of piperidine rings is 1. The van der Waals surface area contributed by atoms with Gasteiger partial charge in [0.25, 0.3) is 0 Å². The van der Waals surface area contributed by atoms with Crippen LogP contribution in [-0.4, -0.2) is 29.9 Å². The van der Waals surface area contributed by atoms with Crippen LogP contribution in [0, 0.1) is 0 Å². The van der Waals surface area contributed by atoms with Gasteiger partial charge in [-0.25, -0.2) is 4.79 Å². The number of rotatable bonds is 2. The molecule has 4 nitrogen and oxygen atoms in total. The van der Waals surface area contributed by atoms with Crippen molar-refractivity contribution in [2.45, 2.75) is 32.6 Å². The van der Waals surface area contributed by atoms with Crippen LogP contribution in [0.2, 0.25) is 0 Å². The summed E-state index contributed by atoms with van der Waals surface area (Å²) < 4.78 is 5.30.